The maximum Gasteiger partial charge on any atom is 0.250 e. The molecular weight excluding hydrogens is 462 g/mol. The van der Waals surface area contributed by atoms with Crippen molar-refractivity contribution in [3.05, 3.63) is 69.5 Å². The fourth-order valence-corrected chi connectivity index (χ4v) is 5.44. The number of nitrogens with zero attached hydrogens (tertiary/aromatic N) is 4. The van der Waals surface area contributed by atoms with E-state index in [2.05, 4.69) is 33.4 Å². The van der Waals surface area contributed by atoms with Crippen LogP contribution in [-0.2, 0) is 24.2 Å². The number of aryl methyl sites for hydroxylation is 2. The number of hydrogen-bond donors (Lipinski definition) is 1. The highest BCUT2D eigenvalue weighted by Crippen LogP contribution is 2.24. The molecule has 186 valence electrons. The molecule has 1 atom stereocenters. The SMILES string of the molecule is Cc1cc(CC(=O)N(Cc2ccsc2)C2CCN([C@H](C)CCc3ncccc3C(N)=O)CC2)on1. The lowest BCUT2D eigenvalue weighted by molar-refractivity contribution is -0.135. The van der Waals surface area contributed by atoms with E-state index in [4.69, 9.17) is 10.3 Å². The summed E-state index contributed by atoms with van der Waals surface area (Å²) >= 11 is 1.65. The van der Waals surface area contributed by atoms with Crippen LogP contribution in [0.25, 0.3) is 0 Å². The van der Waals surface area contributed by atoms with E-state index in [1.807, 2.05) is 23.3 Å². The normalized spacial score (nSPS) is 15.7. The fraction of sp³-hybridized carbons (Fsp3) is 0.462. The number of carbonyl (C=O) groups excluding carboxylic acids is 2. The summed E-state index contributed by atoms with van der Waals surface area (Å²) in [5.41, 5.74) is 8.71. The molecule has 1 aliphatic rings. The lowest BCUT2D eigenvalue weighted by Gasteiger charge is -2.40. The first-order valence-corrected chi connectivity index (χ1v) is 13.1. The van der Waals surface area contributed by atoms with Crippen LogP contribution in [-0.4, -0.2) is 56.9 Å². The quantitative estimate of drug-likeness (QED) is 0.461. The standard InChI is InChI=1S/C26H33N5O3S/c1-18-14-22(34-29-18)15-25(32)31(16-20-9-13-35-17-20)21-7-11-30(12-8-21)19(2)5-6-24-23(26(27)33)4-3-10-28-24/h3-4,9-10,13-14,17,19,21H,5-8,11-12,15-16H2,1-2H3,(H2,27,33)/t19-/m1/s1. The third kappa shape index (κ3) is 6.55. The monoisotopic (exact) mass is 495 g/mol. The Morgan fingerprint density at radius 1 is 1.31 bits per heavy atom. The van der Waals surface area contributed by atoms with Crippen LogP contribution in [0.3, 0.4) is 0 Å². The highest BCUT2D eigenvalue weighted by atomic mass is 32.1. The van der Waals surface area contributed by atoms with E-state index in [9.17, 15) is 9.59 Å². The number of amides is 2. The van der Waals surface area contributed by atoms with E-state index >= 15 is 0 Å². The summed E-state index contributed by atoms with van der Waals surface area (Å²) in [5.74, 6) is 0.254. The molecule has 0 unspecified atom stereocenters. The Kier molecular flexibility index (Phi) is 8.30. The van der Waals surface area contributed by atoms with Gasteiger partial charge in [-0.3, -0.25) is 14.6 Å². The second-order valence-electron chi connectivity index (χ2n) is 9.28. The van der Waals surface area contributed by atoms with E-state index in [0.717, 1.165) is 49.3 Å². The van der Waals surface area contributed by atoms with Crippen molar-refractivity contribution in [3.8, 4) is 0 Å². The Balaban J connectivity index is 1.35. The molecular formula is C26H33N5O3S. The number of thiophene rings is 1. The minimum absolute atomic E-state index is 0.0768. The molecule has 35 heavy (non-hydrogen) atoms. The maximum absolute atomic E-state index is 13.3. The van der Waals surface area contributed by atoms with E-state index in [1.54, 1.807) is 29.7 Å². The van der Waals surface area contributed by atoms with Gasteiger partial charge in [0.15, 0.2) is 0 Å². The summed E-state index contributed by atoms with van der Waals surface area (Å²) in [6, 6.07) is 7.92. The summed E-state index contributed by atoms with van der Waals surface area (Å²) < 4.78 is 5.30. The number of primary amides is 1. The third-order valence-corrected chi connectivity index (χ3v) is 7.51. The first-order chi connectivity index (χ1) is 16.9. The molecule has 0 radical (unpaired) electrons. The molecule has 0 bridgehead atoms. The average molecular weight is 496 g/mol. The van der Waals surface area contributed by atoms with Crippen molar-refractivity contribution >= 4 is 23.2 Å². The zero-order valence-electron chi connectivity index (χ0n) is 20.4. The minimum Gasteiger partial charge on any atom is -0.366 e. The van der Waals surface area contributed by atoms with Crippen molar-refractivity contribution in [2.75, 3.05) is 13.1 Å². The number of aromatic nitrogens is 2. The molecule has 1 fully saturated rings. The molecule has 4 rings (SSSR count). The highest BCUT2D eigenvalue weighted by molar-refractivity contribution is 7.07. The number of piperidine rings is 1. The van der Waals surface area contributed by atoms with Gasteiger partial charge in [-0.05, 0) is 74.1 Å². The van der Waals surface area contributed by atoms with Gasteiger partial charge in [-0.2, -0.15) is 11.3 Å². The van der Waals surface area contributed by atoms with Crippen LogP contribution in [0.5, 0.6) is 0 Å². The van der Waals surface area contributed by atoms with Crippen LogP contribution in [0.1, 0.15) is 59.3 Å². The Hall–Kier alpha value is -3.04. The topological polar surface area (TPSA) is 106 Å². The van der Waals surface area contributed by atoms with E-state index in [0.29, 0.717) is 30.3 Å². The molecule has 0 saturated carbocycles. The molecule has 1 aliphatic heterocycles. The van der Waals surface area contributed by atoms with Crippen molar-refractivity contribution in [2.24, 2.45) is 5.73 Å². The second-order valence-corrected chi connectivity index (χ2v) is 10.1. The van der Waals surface area contributed by atoms with Gasteiger partial charge in [0.2, 0.25) is 5.91 Å². The highest BCUT2D eigenvalue weighted by Gasteiger charge is 2.30. The molecule has 8 nitrogen and oxygen atoms in total. The lowest BCUT2D eigenvalue weighted by atomic mass is 9.98. The summed E-state index contributed by atoms with van der Waals surface area (Å²) in [5, 5.41) is 8.07. The maximum atomic E-state index is 13.3. The molecule has 0 aromatic carbocycles. The van der Waals surface area contributed by atoms with Gasteiger partial charge in [-0.25, -0.2) is 0 Å². The predicted molar refractivity (Wildman–Crippen MR) is 135 cm³/mol. The average Bonchev–Trinajstić information content (AvgIpc) is 3.52. The number of hydrogen-bond acceptors (Lipinski definition) is 7. The van der Waals surface area contributed by atoms with Gasteiger partial charge in [0.25, 0.3) is 5.91 Å². The molecule has 3 aromatic heterocycles. The first kappa shape index (κ1) is 25.1. The molecule has 1 saturated heterocycles. The van der Waals surface area contributed by atoms with E-state index in [1.165, 1.54) is 0 Å². The Bertz CT molecular complexity index is 1120. The molecule has 9 heteroatoms. The Morgan fingerprint density at radius 3 is 2.77 bits per heavy atom. The zero-order valence-corrected chi connectivity index (χ0v) is 21.2. The van der Waals surface area contributed by atoms with Crippen molar-refractivity contribution in [2.45, 2.75) is 64.6 Å². The summed E-state index contributed by atoms with van der Waals surface area (Å²) in [7, 11) is 0. The zero-order chi connectivity index (χ0) is 24.8. The smallest absolute Gasteiger partial charge is 0.250 e. The summed E-state index contributed by atoms with van der Waals surface area (Å²) in [6.45, 7) is 6.54. The molecule has 2 N–H and O–H groups in total. The van der Waals surface area contributed by atoms with Crippen molar-refractivity contribution in [3.63, 3.8) is 0 Å². The van der Waals surface area contributed by atoms with Gasteiger partial charge in [0.05, 0.1) is 23.4 Å². The fourth-order valence-electron chi connectivity index (χ4n) is 4.78. The number of rotatable bonds is 10. The van der Waals surface area contributed by atoms with Gasteiger partial charge >= 0.3 is 0 Å². The van der Waals surface area contributed by atoms with Gasteiger partial charge in [-0.15, -0.1) is 0 Å². The van der Waals surface area contributed by atoms with Crippen LogP contribution >= 0.6 is 11.3 Å². The largest absolute Gasteiger partial charge is 0.366 e. The second kappa shape index (κ2) is 11.6. The number of likely N-dealkylation sites (tertiary alicyclic amines) is 1. The summed E-state index contributed by atoms with van der Waals surface area (Å²) in [4.78, 5) is 33.8. The predicted octanol–water partition coefficient (Wildman–Crippen LogP) is 3.60. The molecule has 3 aromatic rings. The third-order valence-electron chi connectivity index (χ3n) is 6.77. The molecule has 2 amide bonds. The Labute approximate surface area is 210 Å². The first-order valence-electron chi connectivity index (χ1n) is 12.1. The van der Waals surface area contributed by atoms with Crippen molar-refractivity contribution in [1.82, 2.24) is 19.9 Å². The van der Waals surface area contributed by atoms with Gasteiger partial charge in [-0.1, -0.05) is 5.16 Å². The van der Waals surface area contributed by atoms with Crippen molar-refractivity contribution in [1.29, 1.82) is 0 Å². The van der Waals surface area contributed by atoms with Gasteiger partial charge in [0.1, 0.15) is 5.76 Å². The van der Waals surface area contributed by atoms with Crippen LogP contribution in [0.15, 0.2) is 45.7 Å². The Morgan fingerprint density at radius 2 is 2.11 bits per heavy atom. The molecule has 0 aliphatic carbocycles. The number of pyridine rings is 1. The minimum atomic E-state index is -0.433. The summed E-state index contributed by atoms with van der Waals surface area (Å²) in [6.07, 6.45) is 5.38. The number of nitrogens with two attached hydrogens (primary N) is 1. The lowest BCUT2D eigenvalue weighted by Crippen LogP contribution is -2.49. The number of carbonyl (C=O) groups is 2. The van der Waals surface area contributed by atoms with E-state index in [-0.39, 0.29) is 18.4 Å². The van der Waals surface area contributed by atoms with E-state index < -0.39 is 5.91 Å². The van der Waals surface area contributed by atoms with Crippen LogP contribution in [0.4, 0.5) is 0 Å². The van der Waals surface area contributed by atoms with Gasteiger partial charge < -0.3 is 20.1 Å². The van der Waals surface area contributed by atoms with Crippen LogP contribution < -0.4 is 5.73 Å². The van der Waals surface area contributed by atoms with Gasteiger partial charge in [0, 0.05) is 44.0 Å². The molecule has 0 spiro atoms. The van der Waals surface area contributed by atoms with Crippen LogP contribution in [0, 0.1) is 6.92 Å². The molecule has 4 heterocycles. The van der Waals surface area contributed by atoms with Crippen LogP contribution in [0.2, 0.25) is 0 Å². The van der Waals surface area contributed by atoms with Crippen molar-refractivity contribution < 1.29 is 14.1 Å².